The van der Waals surface area contributed by atoms with Crippen LogP contribution in [0.3, 0.4) is 0 Å². The van der Waals surface area contributed by atoms with Crippen molar-refractivity contribution >= 4 is 23.0 Å². The molecule has 0 radical (unpaired) electrons. The number of hydrogen-bond donors (Lipinski definition) is 1. The van der Waals surface area contributed by atoms with Gasteiger partial charge in [-0.1, -0.05) is 12.1 Å². The molecule has 0 unspecified atom stereocenters. The number of aromatic nitrogens is 1. The number of ether oxygens (including phenoxy) is 1. The molecule has 0 aliphatic rings. The molecule has 18 heavy (non-hydrogen) atoms. The van der Waals surface area contributed by atoms with Crippen molar-refractivity contribution in [2.75, 3.05) is 5.73 Å². The Balaban J connectivity index is 1.73. The first-order valence-corrected chi connectivity index (χ1v) is 6.49. The van der Waals surface area contributed by atoms with Crippen LogP contribution in [0.2, 0.25) is 0 Å². The molecule has 0 aliphatic heterocycles. The van der Waals surface area contributed by atoms with Crippen molar-refractivity contribution in [1.29, 1.82) is 0 Å². The molecule has 1 aromatic heterocycles. The topological polar surface area (TPSA) is 65.2 Å². The lowest BCUT2D eigenvalue weighted by atomic mass is 10.1. The predicted octanol–water partition coefficient (Wildman–Crippen LogP) is 2.40. The van der Waals surface area contributed by atoms with Crippen LogP contribution >= 0.6 is 11.3 Å². The van der Waals surface area contributed by atoms with Gasteiger partial charge in [0, 0.05) is 18.3 Å². The zero-order valence-electron chi connectivity index (χ0n) is 9.83. The fourth-order valence-corrected chi connectivity index (χ4v) is 1.97. The third kappa shape index (κ3) is 3.85. The van der Waals surface area contributed by atoms with Crippen LogP contribution in [0.1, 0.15) is 16.9 Å². The van der Waals surface area contributed by atoms with Gasteiger partial charge in [0.05, 0.1) is 10.4 Å². The Kier molecular flexibility index (Phi) is 4.30. The molecular weight excluding hydrogens is 248 g/mol. The largest absolute Gasteiger partial charge is 0.460 e. The van der Waals surface area contributed by atoms with Crippen molar-refractivity contribution in [1.82, 2.24) is 4.98 Å². The summed E-state index contributed by atoms with van der Waals surface area (Å²) in [5, 5.41) is 0. The maximum Gasteiger partial charge on any atom is 0.306 e. The fraction of sp³-hybridized carbons (Fsp3) is 0.231. The van der Waals surface area contributed by atoms with Crippen molar-refractivity contribution in [3.05, 3.63) is 46.4 Å². The summed E-state index contributed by atoms with van der Waals surface area (Å²) in [4.78, 5) is 16.4. The first kappa shape index (κ1) is 12.6. The number of benzene rings is 1. The molecule has 2 rings (SSSR count). The Bertz CT molecular complexity index is 494. The van der Waals surface area contributed by atoms with Gasteiger partial charge in [-0.05, 0) is 24.1 Å². The van der Waals surface area contributed by atoms with Crippen LogP contribution in [-0.2, 0) is 22.6 Å². The van der Waals surface area contributed by atoms with E-state index in [4.69, 9.17) is 10.5 Å². The number of nitrogens with two attached hydrogens (primary N) is 1. The van der Waals surface area contributed by atoms with Gasteiger partial charge in [-0.3, -0.25) is 9.78 Å². The van der Waals surface area contributed by atoms with E-state index in [1.165, 1.54) is 11.3 Å². The molecule has 0 bridgehead atoms. The zero-order valence-corrected chi connectivity index (χ0v) is 10.7. The van der Waals surface area contributed by atoms with Gasteiger partial charge in [-0.2, -0.15) is 0 Å². The minimum Gasteiger partial charge on any atom is -0.460 e. The van der Waals surface area contributed by atoms with Crippen LogP contribution < -0.4 is 5.73 Å². The van der Waals surface area contributed by atoms with E-state index in [0.29, 0.717) is 19.4 Å². The summed E-state index contributed by atoms with van der Waals surface area (Å²) < 4.78 is 5.14. The molecule has 0 saturated carbocycles. The van der Waals surface area contributed by atoms with Gasteiger partial charge >= 0.3 is 5.97 Å². The maximum absolute atomic E-state index is 11.5. The summed E-state index contributed by atoms with van der Waals surface area (Å²) in [6, 6.07) is 7.51. The molecule has 0 amide bonds. The van der Waals surface area contributed by atoms with E-state index >= 15 is 0 Å². The number of carbonyl (C=O) groups excluding carboxylic acids is 1. The predicted molar refractivity (Wildman–Crippen MR) is 71.1 cm³/mol. The molecule has 0 fully saturated rings. The maximum atomic E-state index is 11.5. The van der Waals surface area contributed by atoms with Crippen molar-refractivity contribution in [3.8, 4) is 0 Å². The number of esters is 1. The van der Waals surface area contributed by atoms with Crippen LogP contribution in [0, 0.1) is 0 Å². The standard InChI is InChI=1S/C13H14N2O2S/c14-11-4-1-10(2-5-11)3-6-13(16)17-8-12-7-15-9-18-12/h1-2,4-5,7,9H,3,6,8,14H2. The first-order chi connectivity index (χ1) is 8.74. The Hall–Kier alpha value is -1.88. The monoisotopic (exact) mass is 262 g/mol. The lowest BCUT2D eigenvalue weighted by Crippen LogP contribution is -2.05. The molecule has 2 N–H and O–H groups in total. The van der Waals surface area contributed by atoms with Gasteiger partial charge < -0.3 is 10.5 Å². The lowest BCUT2D eigenvalue weighted by Gasteiger charge is -2.03. The Labute approximate surface area is 109 Å². The molecule has 0 aliphatic carbocycles. The van der Waals surface area contributed by atoms with Crippen LogP contribution in [-0.4, -0.2) is 11.0 Å². The number of nitrogens with zero attached hydrogens (tertiary/aromatic N) is 1. The zero-order chi connectivity index (χ0) is 12.8. The quantitative estimate of drug-likeness (QED) is 0.663. The number of carbonyl (C=O) groups is 1. The van der Waals surface area contributed by atoms with Gasteiger partial charge in [0.15, 0.2) is 0 Å². The smallest absolute Gasteiger partial charge is 0.306 e. The number of aryl methyl sites for hydroxylation is 1. The second-order valence-corrected chi connectivity index (χ2v) is 4.84. The van der Waals surface area contributed by atoms with E-state index < -0.39 is 0 Å². The molecule has 5 heteroatoms. The van der Waals surface area contributed by atoms with E-state index in [1.807, 2.05) is 24.3 Å². The van der Waals surface area contributed by atoms with Gasteiger partial charge in [0.25, 0.3) is 0 Å². The summed E-state index contributed by atoms with van der Waals surface area (Å²) in [5.41, 5.74) is 9.12. The average Bonchev–Trinajstić information content (AvgIpc) is 2.89. The third-order valence-corrected chi connectivity index (χ3v) is 3.21. The highest BCUT2D eigenvalue weighted by atomic mass is 32.1. The molecular formula is C13H14N2O2S. The van der Waals surface area contributed by atoms with Crippen LogP contribution in [0.15, 0.2) is 36.0 Å². The highest BCUT2D eigenvalue weighted by molar-refractivity contribution is 7.09. The molecule has 4 nitrogen and oxygen atoms in total. The van der Waals surface area contributed by atoms with Crippen LogP contribution in [0.25, 0.3) is 0 Å². The number of nitrogen functional groups attached to an aromatic ring is 1. The summed E-state index contributed by atoms with van der Waals surface area (Å²) >= 11 is 1.48. The molecule has 2 aromatic rings. The van der Waals surface area contributed by atoms with E-state index in [9.17, 15) is 4.79 Å². The second-order valence-electron chi connectivity index (χ2n) is 3.87. The molecule has 0 saturated heterocycles. The number of thiazole rings is 1. The van der Waals surface area contributed by atoms with Gasteiger partial charge in [0.2, 0.25) is 0 Å². The molecule has 94 valence electrons. The van der Waals surface area contributed by atoms with E-state index in [-0.39, 0.29) is 5.97 Å². The van der Waals surface area contributed by atoms with E-state index in [0.717, 1.165) is 16.1 Å². The molecule has 0 spiro atoms. The van der Waals surface area contributed by atoms with Crippen LogP contribution in [0.4, 0.5) is 5.69 Å². The molecule has 0 atom stereocenters. The van der Waals surface area contributed by atoms with Crippen molar-refractivity contribution in [2.24, 2.45) is 0 Å². The normalized spacial score (nSPS) is 10.2. The summed E-state index contributed by atoms with van der Waals surface area (Å²) in [5.74, 6) is -0.194. The number of hydrogen-bond acceptors (Lipinski definition) is 5. The molecule has 1 aromatic carbocycles. The fourth-order valence-electron chi connectivity index (χ4n) is 1.47. The highest BCUT2D eigenvalue weighted by Crippen LogP contribution is 2.10. The van der Waals surface area contributed by atoms with E-state index in [2.05, 4.69) is 4.98 Å². The summed E-state index contributed by atoms with van der Waals surface area (Å²) in [6.45, 7) is 0.311. The first-order valence-electron chi connectivity index (χ1n) is 5.61. The molecule has 1 heterocycles. The van der Waals surface area contributed by atoms with Crippen LogP contribution in [0.5, 0.6) is 0 Å². The highest BCUT2D eigenvalue weighted by Gasteiger charge is 2.05. The van der Waals surface area contributed by atoms with Crippen molar-refractivity contribution in [3.63, 3.8) is 0 Å². The minimum atomic E-state index is -0.194. The van der Waals surface area contributed by atoms with Crippen molar-refractivity contribution in [2.45, 2.75) is 19.4 Å². The number of rotatable bonds is 5. The SMILES string of the molecule is Nc1ccc(CCC(=O)OCc2cncs2)cc1. The lowest BCUT2D eigenvalue weighted by molar-refractivity contribution is -0.144. The number of anilines is 1. The average molecular weight is 262 g/mol. The Morgan fingerprint density at radius 2 is 2.11 bits per heavy atom. The third-order valence-electron chi connectivity index (χ3n) is 2.46. The van der Waals surface area contributed by atoms with Crippen molar-refractivity contribution < 1.29 is 9.53 Å². The van der Waals surface area contributed by atoms with Gasteiger partial charge in [-0.25, -0.2) is 0 Å². The Morgan fingerprint density at radius 3 is 2.78 bits per heavy atom. The minimum absolute atomic E-state index is 0.194. The van der Waals surface area contributed by atoms with Gasteiger partial charge in [0.1, 0.15) is 6.61 Å². The summed E-state index contributed by atoms with van der Waals surface area (Å²) in [6.07, 6.45) is 2.75. The summed E-state index contributed by atoms with van der Waals surface area (Å²) in [7, 11) is 0. The second kappa shape index (κ2) is 6.16. The van der Waals surface area contributed by atoms with Gasteiger partial charge in [-0.15, -0.1) is 11.3 Å². The Morgan fingerprint density at radius 1 is 1.33 bits per heavy atom. The van der Waals surface area contributed by atoms with E-state index in [1.54, 1.807) is 11.7 Å².